The van der Waals surface area contributed by atoms with Gasteiger partial charge in [0.05, 0.1) is 35.7 Å². The molecule has 2 aliphatic heterocycles. The molecule has 10 nitrogen and oxygen atoms in total. The topological polar surface area (TPSA) is 137 Å². The molecule has 5 rings (SSSR count). The number of amides is 2. The fraction of sp³-hybridized carbons (Fsp3) is 0.379. The quantitative estimate of drug-likeness (QED) is 0.311. The number of carbonyl (C=O) groups excluding carboxylic acids is 2. The molecule has 2 aromatic carbocycles. The largest absolute Gasteiger partial charge is 0.394 e. The first-order valence-corrected chi connectivity index (χ1v) is 13.7. The van der Waals surface area contributed by atoms with Crippen LogP contribution in [0.1, 0.15) is 47.3 Å². The maximum absolute atomic E-state index is 13.5. The molecule has 3 aromatic rings. The van der Waals surface area contributed by atoms with Crippen molar-refractivity contribution in [2.24, 2.45) is 0 Å². The molecule has 2 amide bonds. The Kier molecular flexibility index (Phi) is 8.60. The molecule has 1 saturated heterocycles. The number of halogens is 1. The van der Waals surface area contributed by atoms with E-state index in [1.54, 1.807) is 25.1 Å². The van der Waals surface area contributed by atoms with Crippen LogP contribution in [0.2, 0.25) is 5.02 Å². The minimum absolute atomic E-state index is 0.159. The highest BCUT2D eigenvalue weighted by atomic mass is 35.5. The van der Waals surface area contributed by atoms with Crippen molar-refractivity contribution in [1.29, 1.82) is 0 Å². The summed E-state index contributed by atoms with van der Waals surface area (Å²) in [5, 5.41) is 26.9. The van der Waals surface area contributed by atoms with E-state index in [0.29, 0.717) is 41.0 Å². The second-order valence-electron chi connectivity index (χ2n) is 10.1. The number of carbonyl (C=O) groups is 2. The maximum Gasteiger partial charge on any atom is 0.255 e. The summed E-state index contributed by atoms with van der Waals surface area (Å²) in [4.78, 5) is 37.0. The smallest absolute Gasteiger partial charge is 0.255 e. The predicted molar refractivity (Wildman–Crippen MR) is 150 cm³/mol. The van der Waals surface area contributed by atoms with Crippen LogP contribution in [-0.2, 0) is 16.1 Å². The van der Waals surface area contributed by atoms with Crippen LogP contribution < -0.4 is 10.6 Å². The van der Waals surface area contributed by atoms with Crippen molar-refractivity contribution in [2.45, 2.75) is 50.5 Å². The number of ether oxygens (including phenoxy) is 1. The summed E-state index contributed by atoms with van der Waals surface area (Å²) in [5.74, 6) is -0.491. The number of aromatic nitrogens is 2. The lowest BCUT2D eigenvalue weighted by molar-refractivity contribution is -0.128. The van der Waals surface area contributed by atoms with Crippen molar-refractivity contribution in [3.63, 3.8) is 0 Å². The Morgan fingerprint density at radius 2 is 1.95 bits per heavy atom. The number of anilines is 1. The van der Waals surface area contributed by atoms with Crippen LogP contribution in [-0.4, -0.2) is 74.9 Å². The summed E-state index contributed by atoms with van der Waals surface area (Å²) in [6.45, 7) is 2.53. The Morgan fingerprint density at radius 3 is 2.65 bits per heavy atom. The van der Waals surface area contributed by atoms with Gasteiger partial charge in [0.15, 0.2) is 0 Å². The second kappa shape index (κ2) is 12.3. The lowest BCUT2D eigenvalue weighted by Crippen LogP contribution is -2.51. The molecule has 0 radical (unpaired) electrons. The van der Waals surface area contributed by atoms with Crippen LogP contribution in [0.3, 0.4) is 0 Å². The van der Waals surface area contributed by atoms with E-state index in [0.717, 1.165) is 24.0 Å². The number of hydrogen-bond acceptors (Lipinski definition) is 8. The molecule has 0 saturated carbocycles. The molecule has 1 aromatic heterocycles. The molecular weight excluding hydrogens is 534 g/mol. The van der Waals surface area contributed by atoms with E-state index in [1.807, 2.05) is 30.3 Å². The number of nitrogens with one attached hydrogen (secondary N) is 2. The van der Waals surface area contributed by atoms with E-state index in [2.05, 4.69) is 20.6 Å². The van der Waals surface area contributed by atoms with Crippen LogP contribution in [0.4, 0.5) is 5.95 Å². The first kappa shape index (κ1) is 28.0. The van der Waals surface area contributed by atoms with E-state index in [9.17, 15) is 19.8 Å². The van der Waals surface area contributed by atoms with Gasteiger partial charge in [-0.05, 0) is 37.0 Å². The highest BCUT2D eigenvalue weighted by Crippen LogP contribution is 2.32. The normalized spacial score (nSPS) is 17.7. The summed E-state index contributed by atoms with van der Waals surface area (Å²) in [6, 6.07) is 12.8. The standard InChI is InChI=1S/C29H32ClN5O5/c1-17(37)25(18-5-3-2-4-6-18)33-27(38)24(16-36)35-15-20-8-7-19(13-22(20)28(35)39)26-23(30)14-31-29(34-26)32-21-9-11-40-12-10-21/h2-8,13-14,17,21,24-25,36-37H,9-12,15-16H2,1H3,(H,33,38)(H,31,32,34)/t17-,24+,25?/m0/s1. The van der Waals surface area contributed by atoms with Gasteiger partial charge in [-0.15, -0.1) is 0 Å². The fourth-order valence-corrected chi connectivity index (χ4v) is 5.30. The molecule has 210 valence electrons. The number of nitrogens with zero attached hydrogens (tertiary/aromatic N) is 3. The number of hydrogen-bond donors (Lipinski definition) is 4. The first-order valence-electron chi connectivity index (χ1n) is 13.3. The molecular formula is C29H32ClN5O5. The van der Waals surface area contributed by atoms with Crippen LogP contribution in [0.5, 0.6) is 0 Å². The van der Waals surface area contributed by atoms with Gasteiger partial charge in [0.1, 0.15) is 6.04 Å². The second-order valence-corrected chi connectivity index (χ2v) is 10.5. The minimum Gasteiger partial charge on any atom is -0.394 e. The monoisotopic (exact) mass is 565 g/mol. The van der Waals surface area contributed by atoms with Crippen LogP contribution >= 0.6 is 11.6 Å². The predicted octanol–water partition coefficient (Wildman–Crippen LogP) is 2.94. The zero-order chi connectivity index (χ0) is 28.2. The van der Waals surface area contributed by atoms with Crippen molar-refractivity contribution >= 4 is 29.4 Å². The third kappa shape index (κ3) is 5.95. The Labute approximate surface area is 237 Å². The van der Waals surface area contributed by atoms with Gasteiger partial charge in [0, 0.05) is 36.9 Å². The number of fused-ring (bicyclic) bond motifs is 1. The van der Waals surface area contributed by atoms with Crippen molar-refractivity contribution in [3.8, 4) is 11.3 Å². The van der Waals surface area contributed by atoms with Crippen LogP contribution in [0.25, 0.3) is 11.3 Å². The average molecular weight is 566 g/mol. The SMILES string of the molecule is C[C@H](O)C(NC(=O)[C@@H](CO)N1Cc2ccc(-c3nc(NC4CCOCC4)ncc3Cl)cc2C1=O)c1ccccc1. The molecule has 2 aliphatic rings. The zero-order valence-corrected chi connectivity index (χ0v) is 22.8. The van der Waals surface area contributed by atoms with Gasteiger partial charge in [0.2, 0.25) is 11.9 Å². The van der Waals surface area contributed by atoms with E-state index in [1.165, 1.54) is 11.1 Å². The van der Waals surface area contributed by atoms with E-state index >= 15 is 0 Å². The maximum atomic E-state index is 13.5. The van der Waals surface area contributed by atoms with Crippen molar-refractivity contribution in [2.75, 3.05) is 25.1 Å². The Balaban J connectivity index is 1.34. The molecule has 40 heavy (non-hydrogen) atoms. The van der Waals surface area contributed by atoms with E-state index < -0.39 is 30.7 Å². The summed E-state index contributed by atoms with van der Waals surface area (Å²) in [7, 11) is 0. The van der Waals surface area contributed by atoms with Gasteiger partial charge < -0.3 is 30.5 Å². The van der Waals surface area contributed by atoms with E-state index in [4.69, 9.17) is 16.3 Å². The summed E-state index contributed by atoms with van der Waals surface area (Å²) in [6.07, 6.45) is 2.36. The number of rotatable bonds is 9. The molecule has 0 aliphatic carbocycles. The Hall–Kier alpha value is -3.57. The molecule has 0 bridgehead atoms. The molecule has 3 atom stereocenters. The molecule has 0 spiro atoms. The number of benzene rings is 2. The highest BCUT2D eigenvalue weighted by molar-refractivity contribution is 6.33. The molecule has 11 heteroatoms. The summed E-state index contributed by atoms with van der Waals surface area (Å²) >= 11 is 6.45. The molecule has 1 unspecified atom stereocenters. The highest BCUT2D eigenvalue weighted by Gasteiger charge is 2.37. The van der Waals surface area contributed by atoms with Crippen LogP contribution in [0, 0.1) is 0 Å². The number of aliphatic hydroxyl groups is 2. The fourth-order valence-electron chi connectivity index (χ4n) is 5.10. The summed E-state index contributed by atoms with van der Waals surface area (Å²) in [5.41, 5.74) is 2.97. The van der Waals surface area contributed by atoms with Crippen molar-refractivity contribution in [3.05, 3.63) is 76.4 Å². The minimum atomic E-state index is -1.13. The molecule has 4 N–H and O–H groups in total. The molecule has 3 heterocycles. The Morgan fingerprint density at radius 1 is 1.20 bits per heavy atom. The lowest BCUT2D eigenvalue weighted by Gasteiger charge is -2.29. The van der Waals surface area contributed by atoms with Gasteiger partial charge in [-0.1, -0.05) is 54.1 Å². The molecule has 1 fully saturated rings. The third-order valence-electron chi connectivity index (χ3n) is 7.30. The van der Waals surface area contributed by atoms with Gasteiger partial charge in [-0.25, -0.2) is 9.97 Å². The van der Waals surface area contributed by atoms with Gasteiger partial charge in [0.25, 0.3) is 5.91 Å². The van der Waals surface area contributed by atoms with Gasteiger partial charge in [-0.2, -0.15) is 0 Å². The first-order chi connectivity index (χ1) is 19.4. The zero-order valence-electron chi connectivity index (χ0n) is 22.1. The average Bonchev–Trinajstić information content (AvgIpc) is 3.29. The summed E-state index contributed by atoms with van der Waals surface area (Å²) < 4.78 is 5.41. The van der Waals surface area contributed by atoms with Gasteiger partial charge >= 0.3 is 0 Å². The van der Waals surface area contributed by atoms with E-state index in [-0.39, 0.29) is 18.5 Å². The lowest BCUT2D eigenvalue weighted by atomic mass is 10.0. The van der Waals surface area contributed by atoms with Crippen molar-refractivity contribution in [1.82, 2.24) is 20.2 Å². The van der Waals surface area contributed by atoms with Crippen molar-refractivity contribution < 1.29 is 24.5 Å². The number of aliphatic hydroxyl groups excluding tert-OH is 2. The van der Waals surface area contributed by atoms with Gasteiger partial charge in [-0.3, -0.25) is 9.59 Å². The Bertz CT molecular complexity index is 1370. The third-order valence-corrected chi connectivity index (χ3v) is 7.58. The van der Waals surface area contributed by atoms with Crippen LogP contribution in [0.15, 0.2) is 54.7 Å².